The maximum atomic E-state index is 12.1. The maximum Gasteiger partial charge on any atom is 0.258 e. The summed E-state index contributed by atoms with van der Waals surface area (Å²) in [5.74, 6) is 0.152. The average molecular weight is 345 g/mol. The highest BCUT2D eigenvalue weighted by Crippen LogP contribution is 2.22. The Hall–Kier alpha value is -2.03. The Bertz CT molecular complexity index is 914. The minimum Gasteiger partial charge on any atom is -0.391 e. The normalized spacial score (nSPS) is 21.8. The van der Waals surface area contributed by atoms with Gasteiger partial charge in [0.05, 0.1) is 17.5 Å². The first kappa shape index (κ1) is 15.5. The van der Waals surface area contributed by atoms with Crippen molar-refractivity contribution in [3.05, 3.63) is 51.1 Å². The number of nitrogens with one attached hydrogen (secondary N) is 1. The molecule has 0 unspecified atom stereocenters. The number of aryl methyl sites for hydroxylation is 1. The zero-order valence-corrected chi connectivity index (χ0v) is 14.2. The van der Waals surface area contributed by atoms with Crippen LogP contribution >= 0.6 is 11.3 Å². The molecule has 2 atom stereocenters. The third-order valence-electron chi connectivity index (χ3n) is 4.45. The number of hydrogen-bond acceptors (Lipinski definition) is 6. The lowest BCUT2D eigenvalue weighted by Gasteiger charge is -2.14. The van der Waals surface area contributed by atoms with Crippen LogP contribution in [0.1, 0.15) is 17.1 Å². The van der Waals surface area contributed by atoms with Crippen LogP contribution in [0.2, 0.25) is 0 Å². The van der Waals surface area contributed by atoms with Crippen LogP contribution in [0.25, 0.3) is 4.96 Å². The van der Waals surface area contributed by atoms with E-state index in [0.717, 1.165) is 30.0 Å². The lowest BCUT2D eigenvalue weighted by atomic mass is 10.0. The lowest BCUT2D eigenvalue weighted by Crippen LogP contribution is -2.24. The summed E-state index contributed by atoms with van der Waals surface area (Å²) in [7, 11) is 0. The van der Waals surface area contributed by atoms with Gasteiger partial charge in [0.1, 0.15) is 0 Å². The number of fused-ring (bicyclic) bond motifs is 1. The Balaban J connectivity index is 1.46. The summed E-state index contributed by atoms with van der Waals surface area (Å²) in [5.41, 5.74) is 2.71. The fourth-order valence-corrected chi connectivity index (χ4v) is 4.06. The number of likely N-dealkylation sites (tertiary alicyclic amines) is 1. The van der Waals surface area contributed by atoms with Gasteiger partial charge in [-0.05, 0) is 19.4 Å². The van der Waals surface area contributed by atoms with Crippen molar-refractivity contribution in [1.82, 2.24) is 24.5 Å². The molecule has 0 aliphatic carbocycles. The Morgan fingerprint density at radius 1 is 1.38 bits per heavy atom. The summed E-state index contributed by atoms with van der Waals surface area (Å²) in [5, 5.41) is 19.4. The molecule has 1 saturated heterocycles. The van der Waals surface area contributed by atoms with Crippen LogP contribution in [0.4, 0.5) is 0 Å². The third kappa shape index (κ3) is 3.00. The Morgan fingerprint density at radius 3 is 3.04 bits per heavy atom. The van der Waals surface area contributed by atoms with Crippen LogP contribution < -0.4 is 5.56 Å². The van der Waals surface area contributed by atoms with Crippen molar-refractivity contribution >= 4 is 16.3 Å². The number of aromatic nitrogens is 4. The van der Waals surface area contributed by atoms with Crippen molar-refractivity contribution in [2.75, 3.05) is 13.1 Å². The van der Waals surface area contributed by atoms with Crippen LogP contribution in [0, 0.1) is 12.8 Å². The van der Waals surface area contributed by atoms with E-state index in [1.54, 1.807) is 16.7 Å². The third-order valence-corrected chi connectivity index (χ3v) is 5.21. The van der Waals surface area contributed by atoms with Gasteiger partial charge < -0.3 is 5.11 Å². The van der Waals surface area contributed by atoms with Gasteiger partial charge in [-0.25, -0.2) is 4.98 Å². The molecule has 0 radical (unpaired) electrons. The van der Waals surface area contributed by atoms with E-state index in [-0.39, 0.29) is 17.6 Å². The van der Waals surface area contributed by atoms with Crippen molar-refractivity contribution in [2.24, 2.45) is 5.92 Å². The first-order valence-electron chi connectivity index (χ1n) is 7.95. The van der Waals surface area contributed by atoms with Crippen LogP contribution in [-0.4, -0.2) is 48.8 Å². The topological polar surface area (TPSA) is 86.5 Å². The Morgan fingerprint density at radius 2 is 2.25 bits per heavy atom. The van der Waals surface area contributed by atoms with E-state index < -0.39 is 0 Å². The fourth-order valence-electron chi connectivity index (χ4n) is 3.32. The minimum absolute atomic E-state index is 0.0560. The lowest BCUT2D eigenvalue weighted by molar-refractivity contribution is 0.140. The smallest absolute Gasteiger partial charge is 0.258 e. The number of aromatic amines is 1. The monoisotopic (exact) mass is 345 g/mol. The zero-order valence-electron chi connectivity index (χ0n) is 13.3. The molecule has 0 bridgehead atoms. The molecule has 1 fully saturated rings. The van der Waals surface area contributed by atoms with Gasteiger partial charge in [-0.1, -0.05) is 0 Å². The molecule has 2 N–H and O–H groups in total. The van der Waals surface area contributed by atoms with Gasteiger partial charge >= 0.3 is 0 Å². The highest BCUT2D eigenvalue weighted by molar-refractivity contribution is 7.15. The quantitative estimate of drug-likeness (QED) is 0.731. The largest absolute Gasteiger partial charge is 0.391 e. The Labute approximate surface area is 142 Å². The zero-order chi connectivity index (χ0) is 16.7. The van der Waals surface area contributed by atoms with Crippen LogP contribution in [0.3, 0.4) is 0 Å². The molecular formula is C16H19N5O2S. The predicted molar refractivity (Wildman–Crippen MR) is 91.1 cm³/mol. The van der Waals surface area contributed by atoms with Gasteiger partial charge in [0, 0.05) is 48.9 Å². The highest BCUT2D eigenvalue weighted by atomic mass is 32.1. The van der Waals surface area contributed by atoms with E-state index in [1.807, 2.05) is 18.4 Å². The van der Waals surface area contributed by atoms with Crippen molar-refractivity contribution in [2.45, 2.75) is 26.0 Å². The average Bonchev–Trinajstić information content (AvgIpc) is 3.22. The van der Waals surface area contributed by atoms with E-state index >= 15 is 0 Å². The van der Waals surface area contributed by atoms with Crippen molar-refractivity contribution in [3.63, 3.8) is 0 Å². The molecule has 0 aromatic carbocycles. The molecule has 4 rings (SSSR count). The van der Waals surface area contributed by atoms with Crippen molar-refractivity contribution in [3.8, 4) is 0 Å². The molecule has 8 heteroatoms. The standard InChI is InChI=1S/C16H19N5O2S/c1-10-4-12(19-18-10)5-11-7-20(9-14(11)22)8-13-6-15(23)21-2-3-24-16(21)17-13/h2-4,6,11,14,22H,5,7-9H2,1H3,(H,18,19)/t11-,14-/m1/s1. The van der Waals surface area contributed by atoms with E-state index in [9.17, 15) is 9.90 Å². The molecule has 4 heterocycles. The van der Waals surface area contributed by atoms with E-state index in [4.69, 9.17) is 0 Å². The van der Waals surface area contributed by atoms with Crippen LogP contribution in [0.5, 0.6) is 0 Å². The number of thiazole rings is 1. The number of rotatable bonds is 4. The number of hydrogen-bond donors (Lipinski definition) is 2. The van der Waals surface area contributed by atoms with Crippen molar-refractivity contribution < 1.29 is 5.11 Å². The van der Waals surface area contributed by atoms with Crippen LogP contribution in [0.15, 0.2) is 28.5 Å². The van der Waals surface area contributed by atoms with Gasteiger partial charge in [0.25, 0.3) is 5.56 Å². The van der Waals surface area contributed by atoms with E-state index in [2.05, 4.69) is 20.1 Å². The first-order valence-corrected chi connectivity index (χ1v) is 8.83. The molecule has 24 heavy (non-hydrogen) atoms. The molecule has 0 amide bonds. The number of nitrogens with zero attached hydrogens (tertiary/aromatic N) is 4. The second kappa shape index (κ2) is 6.12. The number of aliphatic hydroxyl groups excluding tert-OH is 1. The summed E-state index contributed by atoms with van der Waals surface area (Å²) >= 11 is 1.45. The van der Waals surface area contributed by atoms with Gasteiger partial charge in [-0.2, -0.15) is 5.10 Å². The molecule has 1 aliphatic rings. The second-order valence-electron chi connectivity index (χ2n) is 6.41. The summed E-state index contributed by atoms with van der Waals surface area (Å²) in [6, 6.07) is 3.60. The van der Waals surface area contributed by atoms with Crippen LogP contribution in [-0.2, 0) is 13.0 Å². The molecule has 7 nitrogen and oxygen atoms in total. The van der Waals surface area contributed by atoms with Gasteiger partial charge in [-0.15, -0.1) is 11.3 Å². The molecule has 1 aliphatic heterocycles. The molecule has 3 aromatic rings. The summed E-state index contributed by atoms with van der Waals surface area (Å²) in [6.07, 6.45) is 2.11. The fraction of sp³-hybridized carbons (Fsp3) is 0.438. The molecule has 0 saturated carbocycles. The minimum atomic E-state index is -0.381. The van der Waals surface area contributed by atoms with E-state index in [1.165, 1.54) is 11.3 Å². The molecule has 0 spiro atoms. The highest BCUT2D eigenvalue weighted by Gasteiger charge is 2.32. The number of H-pyrrole nitrogens is 1. The Kier molecular flexibility index (Phi) is 3.95. The number of β-amino-alcohol motifs (C(OH)–C–C–N with tert-alkyl or cyclic N) is 1. The van der Waals surface area contributed by atoms with Gasteiger partial charge in [-0.3, -0.25) is 19.2 Å². The van der Waals surface area contributed by atoms with Gasteiger partial charge in [0.15, 0.2) is 4.96 Å². The summed E-state index contributed by atoms with van der Waals surface area (Å²) in [4.78, 5) is 19.5. The van der Waals surface area contributed by atoms with E-state index in [0.29, 0.717) is 18.1 Å². The van der Waals surface area contributed by atoms with Crippen molar-refractivity contribution in [1.29, 1.82) is 0 Å². The number of aliphatic hydroxyl groups is 1. The summed E-state index contributed by atoms with van der Waals surface area (Å²) < 4.78 is 1.55. The molecule has 126 valence electrons. The van der Waals surface area contributed by atoms with Gasteiger partial charge in [0.2, 0.25) is 0 Å². The SMILES string of the molecule is Cc1cc(C[C@@H]2CN(Cc3cc(=O)n4ccsc4n3)C[C@H]2O)n[nH]1. The predicted octanol–water partition coefficient (Wildman–Crippen LogP) is 0.823. The first-order chi connectivity index (χ1) is 11.6. The summed E-state index contributed by atoms with van der Waals surface area (Å²) in [6.45, 7) is 3.92. The second-order valence-corrected chi connectivity index (χ2v) is 7.28. The molecular weight excluding hydrogens is 326 g/mol. The maximum absolute atomic E-state index is 12.1. The molecule has 3 aromatic heterocycles.